The molecule has 8 heteroatoms. The molecule has 7 nitrogen and oxygen atoms in total. The van der Waals surface area contributed by atoms with Gasteiger partial charge in [0.25, 0.3) is 0 Å². The first-order valence-electron chi connectivity index (χ1n) is 12.5. The highest BCUT2D eigenvalue weighted by Crippen LogP contribution is 2.32. The van der Waals surface area contributed by atoms with Crippen molar-refractivity contribution in [3.05, 3.63) is 35.4 Å². The van der Waals surface area contributed by atoms with Crippen molar-refractivity contribution in [2.45, 2.75) is 111 Å². The van der Waals surface area contributed by atoms with Crippen molar-refractivity contribution in [1.29, 1.82) is 0 Å². The van der Waals surface area contributed by atoms with Crippen molar-refractivity contribution >= 4 is 30.5 Å². The van der Waals surface area contributed by atoms with Gasteiger partial charge in [-0.25, -0.2) is 4.79 Å². The number of nitrogens with zero attached hydrogens (tertiary/aromatic N) is 1. The molecule has 0 saturated heterocycles. The Kier molecular flexibility index (Phi) is 11.6. The monoisotopic (exact) mass is 507 g/mol. The number of ether oxygens (including phenoxy) is 1. The molecule has 0 saturated carbocycles. The third-order valence-electron chi connectivity index (χ3n) is 5.90. The normalized spacial score (nSPS) is 14.5. The Hall–Kier alpha value is -2.22. The maximum atomic E-state index is 14.0. The van der Waals surface area contributed by atoms with Crippen LogP contribution in [0.15, 0.2) is 24.3 Å². The largest absolute Gasteiger partial charge is 0.444 e. The van der Waals surface area contributed by atoms with E-state index in [4.69, 9.17) is 4.74 Å². The van der Waals surface area contributed by atoms with Crippen LogP contribution in [0.2, 0.25) is 0 Å². The lowest BCUT2D eigenvalue weighted by atomic mass is 9.91. The zero-order valence-corrected chi connectivity index (χ0v) is 23.8. The van der Waals surface area contributed by atoms with Gasteiger partial charge in [-0.1, -0.05) is 50.1 Å². The predicted octanol–water partition coefficient (Wildman–Crippen LogP) is 5.18. The zero-order chi connectivity index (χ0) is 27.0. The Labute approximate surface area is 217 Å². The summed E-state index contributed by atoms with van der Waals surface area (Å²) in [6.45, 7) is 17.1. The minimum atomic E-state index is -0.966. The van der Waals surface area contributed by atoms with Crippen molar-refractivity contribution in [2.75, 3.05) is 5.75 Å². The van der Waals surface area contributed by atoms with Crippen LogP contribution in [-0.2, 0) is 14.3 Å². The SMILES string of the molecule is CCCC(C)NC(=O)C(c1cccc(C)c1)N(C(=O)C(CS)NC(=O)OC(C)(C)C)C(C)(C)CC. The second-order valence-corrected chi connectivity index (χ2v) is 11.1. The molecule has 0 radical (unpaired) electrons. The van der Waals surface area contributed by atoms with Gasteiger partial charge in [0, 0.05) is 17.3 Å². The van der Waals surface area contributed by atoms with Crippen LogP contribution in [0.4, 0.5) is 4.79 Å². The first-order chi connectivity index (χ1) is 16.2. The molecule has 0 heterocycles. The van der Waals surface area contributed by atoms with E-state index in [9.17, 15) is 14.4 Å². The molecule has 0 aliphatic carbocycles. The number of hydrogen-bond donors (Lipinski definition) is 3. The van der Waals surface area contributed by atoms with E-state index in [-0.39, 0.29) is 23.6 Å². The molecule has 1 aromatic rings. The van der Waals surface area contributed by atoms with Crippen LogP contribution in [0.3, 0.4) is 0 Å². The average molecular weight is 508 g/mol. The van der Waals surface area contributed by atoms with Crippen LogP contribution in [0.1, 0.15) is 91.8 Å². The van der Waals surface area contributed by atoms with Crippen molar-refractivity contribution < 1.29 is 19.1 Å². The molecule has 3 unspecified atom stereocenters. The standard InChI is InChI=1S/C27H45N3O4S/c1-10-13-19(4)28-23(31)22(20-15-12-14-18(3)16-20)30(27(8,9)11-2)24(32)21(17-35)29-25(33)34-26(5,6)7/h12,14-16,19,21-22,35H,10-11,13,17H2,1-9H3,(H,28,31)(H,29,33). The summed E-state index contributed by atoms with van der Waals surface area (Å²) >= 11 is 4.35. The van der Waals surface area contributed by atoms with Gasteiger partial charge in [0.05, 0.1) is 0 Å². The van der Waals surface area contributed by atoms with Gasteiger partial charge in [-0.05, 0) is 66.9 Å². The summed E-state index contributed by atoms with van der Waals surface area (Å²) in [5.41, 5.74) is 0.307. The van der Waals surface area contributed by atoms with Gasteiger partial charge in [0.2, 0.25) is 11.8 Å². The molecule has 1 rings (SSSR count). The number of carbonyl (C=O) groups is 3. The fraction of sp³-hybridized carbons (Fsp3) is 0.667. The van der Waals surface area contributed by atoms with Gasteiger partial charge in [-0.3, -0.25) is 9.59 Å². The fourth-order valence-electron chi connectivity index (χ4n) is 3.83. The summed E-state index contributed by atoms with van der Waals surface area (Å²) in [4.78, 5) is 41.9. The molecule has 0 aromatic heterocycles. The molecular formula is C27H45N3O4S. The molecule has 3 amide bonds. The minimum absolute atomic E-state index is 0.0398. The van der Waals surface area contributed by atoms with Crippen LogP contribution in [0, 0.1) is 6.92 Å². The Morgan fingerprint density at radius 1 is 1.09 bits per heavy atom. The summed E-state index contributed by atoms with van der Waals surface area (Å²) < 4.78 is 5.37. The van der Waals surface area contributed by atoms with E-state index in [0.29, 0.717) is 6.42 Å². The summed E-state index contributed by atoms with van der Waals surface area (Å²) in [7, 11) is 0. The number of rotatable bonds is 11. The number of hydrogen-bond acceptors (Lipinski definition) is 5. The number of amides is 3. The van der Waals surface area contributed by atoms with Crippen molar-refractivity contribution in [1.82, 2.24) is 15.5 Å². The van der Waals surface area contributed by atoms with Crippen molar-refractivity contribution in [3.8, 4) is 0 Å². The number of alkyl carbamates (subject to hydrolysis) is 1. The number of nitrogens with one attached hydrogen (secondary N) is 2. The van der Waals surface area contributed by atoms with Crippen molar-refractivity contribution in [2.24, 2.45) is 0 Å². The van der Waals surface area contributed by atoms with Crippen LogP contribution < -0.4 is 10.6 Å². The first-order valence-corrected chi connectivity index (χ1v) is 13.1. The minimum Gasteiger partial charge on any atom is -0.444 e. The summed E-state index contributed by atoms with van der Waals surface area (Å²) in [6.07, 6.45) is 1.66. The lowest BCUT2D eigenvalue weighted by Crippen LogP contribution is -2.60. The number of benzene rings is 1. The maximum absolute atomic E-state index is 14.0. The van der Waals surface area contributed by atoms with E-state index in [1.54, 1.807) is 25.7 Å². The Bertz CT molecular complexity index is 866. The van der Waals surface area contributed by atoms with Crippen LogP contribution in [-0.4, -0.2) is 51.8 Å². The van der Waals surface area contributed by atoms with E-state index in [2.05, 4.69) is 30.2 Å². The first kappa shape index (κ1) is 30.8. The van der Waals surface area contributed by atoms with Gasteiger partial charge in [0.15, 0.2) is 0 Å². The van der Waals surface area contributed by atoms with Crippen LogP contribution in [0.5, 0.6) is 0 Å². The van der Waals surface area contributed by atoms with Crippen LogP contribution in [0.25, 0.3) is 0 Å². The number of thiol groups is 1. The van der Waals surface area contributed by atoms with E-state index < -0.39 is 29.3 Å². The third kappa shape index (κ3) is 9.39. The second kappa shape index (κ2) is 13.2. The smallest absolute Gasteiger partial charge is 0.408 e. The predicted molar refractivity (Wildman–Crippen MR) is 145 cm³/mol. The zero-order valence-electron chi connectivity index (χ0n) is 22.9. The van der Waals surface area contributed by atoms with E-state index in [0.717, 1.165) is 24.0 Å². The Morgan fingerprint density at radius 3 is 2.20 bits per heavy atom. The summed E-state index contributed by atoms with van der Waals surface area (Å²) in [5, 5.41) is 5.75. The Balaban J connectivity index is 3.54. The van der Waals surface area contributed by atoms with Gasteiger partial charge >= 0.3 is 6.09 Å². The highest BCUT2D eigenvalue weighted by Gasteiger charge is 2.43. The molecule has 0 aliphatic heterocycles. The Morgan fingerprint density at radius 2 is 1.71 bits per heavy atom. The summed E-state index contributed by atoms with van der Waals surface area (Å²) in [6, 6.07) is 5.75. The average Bonchev–Trinajstić information content (AvgIpc) is 2.73. The molecule has 0 fully saturated rings. The molecule has 0 spiro atoms. The molecule has 0 bridgehead atoms. The molecule has 198 valence electrons. The topological polar surface area (TPSA) is 87.7 Å². The molecule has 2 N–H and O–H groups in total. The van der Waals surface area contributed by atoms with Crippen LogP contribution >= 0.6 is 12.6 Å². The molecular weight excluding hydrogens is 462 g/mol. The third-order valence-corrected chi connectivity index (χ3v) is 6.27. The van der Waals surface area contributed by atoms with E-state index >= 15 is 0 Å². The fourth-order valence-corrected chi connectivity index (χ4v) is 4.08. The van der Waals surface area contributed by atoms with Crippen molar-refractivity contribution in [3.63, 3.8) is 0 Å². The molecule has 3 atom stereocenters. The van der Waals surface area contributed by atoms with Gasteiger partial charge < -0.3 is 20.3 Å². The van der Waals surface area contributed by atoms with E-state index in [1.807, 2.05) is 58.9 Å². The number of carbonyl (C=O) groups excluding carboxylic acids is 3. The van der Waals surface area contributed by atoms with Gasteiger partial charge in [-0.15, -0.1) is 0 Å². The van der Waals surface area contributed by atoms with Gasteiger partial charge in [0.1, 0.15) is 17.7 Å². The lowest BCUT2D eigenvalue weighted by molar-refractivity contribution is -0.149. The van der Waals surface area contributed by atoms with E-state index in [1.165, 1.54) is 0 Å². The van der Waals surface area contributed by atoms with Gasteiger partial charge in [-0.2, -0.15) is 12.6 Å². The number of aryl methyl sites for hydroxylation is 1. The lowest BCUT2D eigenvalue weighted by Gasteiger charge is -2.44. The second-order valence-electron chi connectivity index (χ2n) is 10.8. The molecule has 35 heavy (non-hydrogen) atoms. The molecule has 0 aliphatic rings. The highest BCUT2D eigenvalue weighted by atomic mass is 32.1. The maximum Gasteiger partial charge on any atom is 0.408 e. The molecule has 1 aromatic carbocycles. The highest BCUT2D eigenvalue weighted by molar-refractivity contribution is 7.80. The quantitative estimate of drug-likeness (QED) is 0.360. The summed E-state index contributed by atoms with van der Waals surface area (Å²) in [5.74, 6) is -0.577.